The summed E-state index contributed by atoms with van der Waals surface area (Å²) in [5.74, 6) is 0.634. The summed E-state index contributed by atoms with van der Waals surface area (Å²) in [5, 5.41) is 3.53. The number of hydrogen-bond acceptors (Lipinski definition) is 3. The monoisotopic (exact) mass is 201 g/mol. The Kier molecular flexibility index (Phi) is 6.15. The van der Waals surface area contributed by atoms with Crippen LogP contribution in [-0.2, 0) is 9.47 Å². The summed E-state index contributed by atoms with van der Waals surface area (Å²) in [6, 6.07) is 0.634. The van der Waals surface area contributed by atoms with Gasteiger partial charge < -0.3 is 14.8 Å². The van der Waals surface area contributed by atoms with Gasteiger partial charge in [-0.05, 0) is 32.2 Å². The fraction of sp³-hybridized carbons (Fsp3) is 1.00. The van der Waals surface area contributed by atoms with Crippen molar-refractivity contribution in [1.29, 1.82) is 0 Å². The van der Waals surface area contributed by atoms with Crippen LogP contribution in [0.5, 0.6) is 0 Å². The molecule has 3 heteroatoms. The van der Waals surface area contributed by atoms with Gasteiger partial charge in [0.15, 0.2) is 0 Å². The SMILES string of the molecule is CCNC1CCOCC1CCOCC. The molecule has 1 fully saturated rings. The van der Waals surface area contributed by atoms with Gasteiger partial charge >= 0.3 is 0 Å². The molecule has 2 unspecified atom stereocenters. The molecule has 1 N–H and O–H groups in total. The standard InChI is InChI=1S/C11H23NO2/c1-3-12-11-6-8-14-9-10(11)5-7-13-4-2/h10-12H,3-9H2,1-2H3. The summed E-state index contributed by atoms with van der Waals surface area (Å²) in [6.45, 7) is 8.74. The van der Waals surface area contributed by atoms with E-state index in [0.29, 0.717) is 12.0 Å². The Morgan fingerprint density at radius 1 is 1.43 bits per heavy atom. The molecule has 0 radical (unpaired) electrons. The van der Waals surface area contributed by atoms with Gasteiger partial charge in [-0.15, -0.1) is 0 Å². The first kappa shape index (κ1) is 12.0. The van der Waals surface area contributed by atoms with Crippen molar-refractivity contribution in [2.75, 3.05) is 33.0 Å². The fourth-order valence-corrected chi connectivity index (χ4v) is 1.99. The van der Waals surface area contributed by atoms with Crippen LogP contribution in [-0.4, -0.2) is 39.0 Å². The van der Waals surface area contributed by atoms with Crippen molar-refractivity contribution in [3.63, 3.8) is 0 Å². The smallest absolute Gasteiger partial charge is 0.0510 e. The molecule has 0 spiro atoms. The Morgan fingerprint density at radius 3 is 3.00 bits per heavy atom. The molecule has 1 aliphatic rings. The largest absolute Gasteiger partial charge is 0.382 e. The van der Waals surface area contributed by atoms with E-state index in [1.54, 1.807) is 0 Å². The Hall–Kier alpha value is -0.120. The average molecular weight is 201 g/mol. The van der Waals surface area contributed by atoms with Crippen LogP contribution in [0.25, 0.3) is 0 Å². The van der Waals surface area contributed by atoms with E-state index in [4.69, 9.17) is 9.47 Å². The highest BCUT2D eigenvalue weighted by Crippen LogP contribution is 2.18. The van der Waals surface area contributed by atoms with E-state index in [0.717, 1.165) is 45.8 Å². The van der Waals surface area contributed by atoms with Gasteiger partial charge in [-0.2, -0.15) is 0 Å². The maximum atomic E-state index is 5.49. The Bertz CT molecular complexity index is 139. The number of rotatable bonds is 6. The summed E-state index contributed by atoms with van der Waals surface area (Å²) in [6.07, 6.45) is 2.26. The van der Waals surface area contributed by atoms with Crippen LogP contribution in [0.1, 0.15) is 26.7 Å². The third-order valence-corrected chi connectivity index (χ3v) is 2.78. The zero-order valence-electron chi connectivity index (χ0n) is 9.42. The van der Waals surface area contributed by atoms with Crippen molar-refractivity contribution in [3.05, 3.63) is 0 Å². The molecule has 1 rings (SSSR count). The van der Waals surface area contributed by atoms with Crippen molar-refractivity contribution in [2.45, 2.75) is 32.7 Å². The molecule has 1 saturated heterocycles. The van der Waals surface area contributed by atoms with Gasteiger partial charge in [0.25, 0.3) is 0 Å². The summed E-state index contributed by atoms with van der Waals surface area (Å²) in [7, 11) is 0. The van der Waals surface area contributed by atoms with E-state index in [-0.39, 0.29) is 0 Å². The summed E-state index contributed by atoms with van der Waals surface area (Å²) in [5.41, 5.74) is 0. The topological polar surface area (TPSA) is 30.5 Å². The van der Waals surface area contributed by atoms with Crippen LogP contribution in [0.15, 0.2) is 0 Å². The van der Waals surface area contributed by atoms with Crippen molar-refractivity contribution in [1.82, 2.24) is 5.32 Å². The molecule has 1 heterocycles. The molecule has 0 aliphatic carbocycles. The molecule has 2 atom stereocenters. The highest BCUT2D eigenvalue weighted by Gasteiger charge is 2.24. The van der Waals surface area contributed by atoms with Gasteiger partial charge in [0, 0.05) is 25.9 Å². The van der Waals surface area contributed by atoms with Crippen molar-refractivity contribution in [3.8, 4) is 0 Å². The minimum Gasteiger partial charge on any atom is -0.382 e. The molecule has 84 valence electrons. The second-order valence-electron chi connectivity index (χ2n) is 3.77. The van der Waals surface area contributed by atoms with Crippen LogP contribution in [0.4, 0.5) is 0 Å². The first-order valence-corrected chi connectivity index (χ1v) is 5.77. The Balaban J connectivity index is 2.22. The summed E-state index contributed by atoms with van der Waals surface area (Å²) in [4.78, 5) is 0. The predicted molar refractivity (Wildman–Crippen MR) is 57.5 cm³/mol. The molecule has 14 heavy (non-hydrogen) atoms. The molecule has 1 aliphatic heterocycles. The third-order valence-electron chi connectivity index (χ3n) is 2.78. The van der Waals surface area contributed by atoms with Crippen LogP contribution in [0.3, 0.4) is 0 Å². The Morgan fingerprint density at radius 2 is 2.29 bits per heavy atom. The lowest BCUT2D eigenvalue weighted by Gasteiger charge is -2.32. The average Bonchev–Trinajstić information content (AvgIpc) is 2.21. The number of ether oxygens (including phenoxy) is 2. The molecular weight excluding hydrogens is 178 g/mol. The van der Waals surface area contributed by atoms with E-state index < -0.39 is 0 Å². The van der Waals surface area contributed by atoms with Crippen molar-refractivity contribution >= 4 is 0 Å². The van der Waals surface area contributed by atoms with Crippen molar-refractivity contribution in [2.24, 2.45) is 5.92 Å². The maximum Gasteiger partial charge on any atom is 0.0510 e. The first-order chi connectivity index (χ1) is 6.88. The molecule has 3 nitrogen and oxygen atoms in total. The molecule has 0 aromatic heterocycles. The lowest BCUT2D eigenvalue weighted by Crippen LogP contribution is -2.43. The third kappa shape index (κ3) is 3.95. The molecule has 0 aromatic rings. The van der Waals surface area contributed by atoms with Gasteiger partial charge in [0.2, 0.25) is 0 Å². The highest BCUT2D eigenvalue weighted by atomic mass is 16.5. The zero-order chi connectivity index (χ0) is 10.2. The number of hydrogen-bond donors (Lipinski definition) is 1. The first-order valence-electron chi connectivity index (χ1n) is 5.77. The maximum absolute atomic E-state index is 5.49. The van der Waals surface area contributed by atoms with Crippen LogP contribution < -0.4 is 5.32 Å². The normalized spacial score (nSPS) is 27.9. The second kappa shape index (κ2) is 7.21. The van der Waals surface area contributed by atoms with Crippen LogP contribution in [0, 0.1) is 5.92 Å². The number of nitrogens with one attached hydrogen (secondary N) is 1. The van der Waals surface area contributed by atoms with Gasteiger partial charge in [-0.1, -0.05) is 6.92 Å². The summed E-state index contributed by atoms with van der Waals surface area (Å²) < 4.78 is 10.9. The van der Waals surface area contributed by atoms with E-state index >= 15 is 0 Å². The quantitative estimate of drug-likeness (QED) is 0.659. The van der Waals surface area contributed by atoms with E-state index in [9.17, 15) is 0 Å². The van der Waals surface area contributed by atoms with Crippen LogP contribution in [0.2, 0.25) is 0 Å². The van der Waals surface area contributed by atoms with Crippen LogP contribution >= 0.6 is 0 Å². The highest BCUT2D eigenvalue weighted by molar-refractivity contribution is 4.79. The molecule has 0 aromatic carbocycles. The predicted octanol–water partition coefficient (Wildman–Crippen LogP) is 1.43. The molecular formula is C11H23NO2. The van der Waals surface area contributed by atoms with E-state index in [1.807, 2.05) is 6.92 Å². The second-order valence-corrected chi connectivity index (χ2v) is 3.77. The van der Waals surface area contributed by atoms with Gasteiger partial charge in [-0.25, -0.2) is 0 Å². The van der Waals surface area contributed by atoms with E-state index in [2.05, 4.69) is 12.2 Å². The van der Waals surface area contributed by atoms with E-state index in [1.165, 1.54) is 0 Å². The van der Waals surface area contributed by atoms with Gasteiger partial charge in [0.05, 0.1) is 6.61 Å². The minimum absolute atomic E-state index is 0.634. The summed E-state index contributed by atoms with van der Waals surface area (Å²) >= 11 is 0. The fourth-order valence-electron chi connectivity index (χ4n) is 1.99. The van der Waals surface area contributed by atoms with Gasteiger partial charge in [0.1, 0.15) is 0 Å². The van der Waals surface area contributed by atoms with Gasteiger partial charge in [-0.3, -0.25) is 0 Å². The Labute approximate surface area is 87.2 Å². The molecule has 0 saturated carbocycles. The zero-order valence-corrected chi connectivity index (χ0v) is 9.42. The van der Waals surface area contributed by atoms with Crippen molar-refractivity contribution < 1.29 is 9.47 Å². The lowest BCUT2D eigenvalue weighted by molar-refractivity contribution is 0.0155. The lowest BCUT2D eigenvalue weighted by atomic mass is 9.93. The molecule has 0 amide bonds. The molecule has 0 bridgehead atoms. The minimum atomic E-state index is 0.634.